The first-order valence-electron chi connectivity index (χ1n) is 7.86. The minimum atomic E-state index is 0.516. The van der Waals surface area contributed by atoms with Crippen LogP contribution >= 0.6 is 22.7 Å². The lowest BCUT2D eigenvalue weighted by atomic mass is 10.2. The molecule has 0 unspecified atom stereocenters. The zero-order valence-electron chi connectivity index (χ0n) is 14.7. The van der Waals surface area contributed by atoms with E-state index in [1.165, 1.54) is 11.3 Å². The van der Waals surface area contributed by atoms with E-state index in [4.69, 9.17) is 4.98 Å². The zero-order chi connectivity index (χ0) is 19.2. The molecule has 0 amide bonds. The van der Waals surface area contributed by atoms with E-state index in [2.05, 4.69) is 45.0 Å². The van der Waals surface area contributed by atoms with Gasteiger partial charge in [-0.1, -0.05) is 11.3 Å². The van der Waals surface area contributed by atoms with Crippen LogP contribution in [0.25, 0.3) is 31.4 Å². The van der Waals surface area contributed by atoms with Crippen molar-refractivity contribution in [2.75, 3.05) is 7.05 Å². The number of nitrogens with zero attached hydrogens (tertiary/aromatic N) is 6. The Morgan fingerprint density at radius 3 is 2.67 bits per heavy atom. The van der Waals surface area contributed by atoms with Crippen molar-refractivity contribution in [2.24, 2.45) is 9.98 Å². The summed E-state index contributed by atoms with van der Waals surface area (Å²) in [5.74, 6) is 0.516. The van der Waals surface area contributed by atoms with E-state index in [1.807, 2.05) is 29.6 Å². The van der Waals surface area contributed by atoms with Crippen molar-refractivity contribution in [1.29, 1.82) is 0 Å². The van der Waals surface area contributed by atoms with Gasteiger partial charge in [0, 0.05) is 35.1 Å². The topological polar surface area (TPSA) is 76.3 Å². The number of fused-ring (bicyclic) bond motifs is 1. The summed E-state index contributed by atoms with van der Waals surface area (Å²) in [5, 5.41) is 13.2. The van der Waals surface area contributed by atoms with Gasteiger partial charge < -0.3 is 0 Å². The monoisotopic (exact) mass is 392 g/mol. The highest BCUT2D eigenvalue weighted by Crippen LogP contribution is 2.32. The molecule has 0 aliphatic carbocycles. The Kier molecular flexibility index (Phi) is 5.90. The molecule has 0 saturated carbocycles. The number of hydrogen-bond donors (Lipinski definition) is 0. The Balaban J connectivity index is 0.00000102. The maximum absolute atomic E-state index is 4.73. The van der Waals surface area contributed by atoms with Crippen LogP contribution < -0.4 is 0 Å². The summed E-state index contributed by atoms with van der Waals surface area (Å²) < 4.78 is 1.10. The minimum Gasteiger partial charge on any atom is -0.268 e. The van der Waals surface area contributed by atoms with Crippen LogP contribution in [-0.4, -0.2) is 39.8 Å². The molecule has 27 heavy (non-hydrogen) atoms. The van der Waals surface area contributed by atoms with Gasteiger partial charge in [-0.2, -0.15) is 0 Å². The maximum atomic E-state index is 4.73. The Morgan fingerprint density at radius 2 is 1.96 bits per heavy atom. The summed E-state index contributed by atoms with van der Waals surface area (Å²) in [6.45, 7) is 9.60. The molecule has 6 nitrogen and oxygen atoms in total. The lowest BCUT2D eigenvalue weighted by Crippen LogP contribution is -2.02. The molecule has 4 aromatic rings. The van der Waals surface area contributed by atoms with Crippen molar-refractivity contribution in [2.45, 2.75) is 0 Å². The molecule has 8 heteroatoms. The van der Waals surface area contributed by atoms with Crippen LogP contribution in [0.5, 0.6) is 0 Å². The second-order valence-corrected chi connectivity index (χ2v) is 6.97. The molecule has 4 rings (SSSR count). The van der Waals surface area contributed by atoms with E-state index in [0.29, 0.717) is 11.5 Å². The molecule has 0 saturated heterocycles. The first kappa shape index (κ1) is 18.7. The zero-order valence-corrected chi connectivity index (χ0v) is 16.3. The molecule has 0 fully saturated rings. The van der Waals surface area contributed by atoms with Crippen LogP contribution in [0.3, 0.4) is 0 Å². The quantitative estimate of drug-likeness (QED) is 0.286. The van der Waals surface area contributed by atoms with E-state index < -0.39 is 0 Å². The number of amidine groups is 1. The van der Waals surface area contributed by atoms with E-state index in [-0.39, 0.29) is 0 Å². The van der Waals surface area contributed by atoms with Crippen molar-refractivity contribution in [3.63, 3.8) is 0 Å². The third-order valence-corrected chi connectivity index (χ3v) is 5.44. The number of hydrogen-bond acceptors (Lipinski definition) is 7. The van der Waals surface area contributed by atoms with E-state index in [1.54, 1.807) is 30.8 Å². The van der Waals surface area contributed by atoms with Gasteiger partial charge in [-0.15, -0.1) is 34.7 Å². The second-order valence-electron chi connectivity index (χ2n) is 5.05. The molecule has 0 atom stereocenters. The van der Waals surface area contributed by atoms with Gasteiger partial charge in [0.2, 0.25) is 0 Å². The van der Waals surface area contributed by atoms with Gasteiger partial charge in [-0.3, -0.25) is 9.98 Å². The van der Waals surface area contributed by atoms with Gasteiger partial charge in [-0.25, -0.2) is 9.98 Å². The molecule has 0 aliphatic heterocycles. The van der Waals surface area contributed by atoms with Crippen LogP contribution in [0.2, 0.25) is 0 Å². The Morgan fingerprint density at radius 1 is 1.15 bits per heavy atom. The average Bonchev–Trinajstić information content (AvgIpc) is 3.40. The number of aliphatic imine (C=N–C) groups is 2. The first-order valence-corrected chi connectivity index (χ1v) is 9.56. The summed E-state index contributed by atoms with van der Waals surface area (Å²) in [6, 6.07) is 7.88. The summed E-state index contributed by atoms with van der Waals surface area (Å²) in [6.07, 6.45) is 3.51. The molecule has 0 N–H and O–H groups in total. The summed E-state index contributed by atoms with van der Waals surface area (Å²) in [5.41, 5.74) is 2.40. The van der Waals surface area contributed by atoms with E-state index >= 15 is 0 Å². The summed E-state index contributed by atoms with van der Waals surface area (Å²) in [4.78, 5) is 17.0. The standard InChI is InChI=1S/C17H12N6S2.C2H4/c1-18-15(19-2)14-11-5-7-24-13(11)8-12(21-14)17-23-22-16(25-17)10-4-3-6-20-9-10;1-2/h3-9H,1H2,2H3;1-2H2. The molecule has 0 radical (unpaired) electrons. The first-order chi connectivity index (χ1) is 13.3. The van der Waals surface area contributed by atoms with Crippen molar-refractivity contribution in [1.82, 2.24) is 20.2 Å². The van der Waals surface area contributed by atoms with Crippen LogP contribution in [0.15, 0.2) is 65.2 Å². The lowest BCUT2D eigenvalue weighted by molar-refractivity contribution is 1.09. The van der Waals surface area contributed by atoms with Gasteiger partial charge in [0.15, 0.2) is 10.8 Å². The molecular weight excluding hydrogens is 376 g/mol. The number of aromatic nitrogens is 4. The Labute approximate surface area is 164 Å². The minimum absolute atomic E-state index is 0.516. The molecule has 0 aromatic carbocycles. The van der Waals surface area contributed by atoms with Crippen molar-refractivity contribution in [3.8, 4) is 21.3 Å². The van der Waals surface area contributed by atoms with Crippen LogP contribution in [0, 0.1) is 0 Å². The predicted molar refractivity (Wildman–Crippen MR) is 115 cm³/mol. The highest BCUT2D eigenvalue weighted by atomic mass is 32.1. The van der Waals surface area contributed by atoms with E-state index in [0.717, 1.165) is 31.4 Å². The average molecular weight is 393 g/mol. The molecule has 4 heterocycles. The molecule has 0 bridgehead atoms. The van der Waals surface area contributed by atoms with Crippen molar-refractivity contribution >= 4 is 45.3 Å². The van der Waals surface area contributed by atoms with Gasteiger partial charge in [0.1, 0.15) is 16.4 Å². The van der Waals surface area contributed by atoms with Gasteiger partial charge in [0.25, 0.3) is 0 Å². The number of thiophene rings is 1. The van der Waals surface area contributed by atoms with Gasteiger partial charge in [-0.05, 0) is 36.4 Å². The predicted octanol–water partition coefficient (Wildman–Crippen LogP) is 4.76. The lowest BCUT2D eigenvalue weighted by Gasteiger charge is -2.04. The fourth-order valence-corrected chi connectivity index (χ4v) is 4.05. The Hall–Kier alpha value is -3.10. The second kappa shape index (κ2) is 8.52. The Bertz CT molecular complexity index is 1100. The summed E-state index contributed by atoms with van der Waals surface area (Å²) >= 11 is 3.12. The smallest absolute Gasteiger partial charge is 0.173 e. The van der Waals surface area contributed by atoms with Gasteiger partial charge in [0.05, 0.1) is 0 Å². The fourth-order valence-electron chi connectivity index (χ4n) is 2.43. The molecular formula is C19H16N6S2. The largest absolute Gasteiger partial charge is 0.268 e. The third-order valence-electron chi connectivity index (χ3n) is 3.58. The van der Waals surface area contributed by atoms with Gasteiger partial charge >= 0.3 is 0 Å². The summed E-state index contributed by atoms with van der Waals surface area (Å²) in [7, 11) is 1.68. The van der Waals surface area contributed by atoms with Crippen molar-refractivity contribution < 1.29 is 0 Å². The fraction of sp³-hybridized carbons (Fsp3) is 0.0526. The maximum Gasteiger partial charge on any atom is 0.173 e. The highest BCUT2D eigenvalue weighted by Gasteiger charge is 2.16. The van der Waals surface area contributed by atoms with Crippen LogP contribution in [-0.2, 0) is 0 Å². The van der Waals surface area contributed by atoms with Crippen molar-refractivity contribution in [3.05, 3.63) is 60.9 Å². The van der Waals surface area contributed by atoms with E-state index in [9.17, 15) is 0 Å². The molecule has 0 aliphatic rings. The highest BCUT2D eigenvalue weighted by molar-refractivity contribution is 7.18. The number of pyridine rings is 2. The SMILES string of the molecule is C=C.C=NC(=NC)c1nc(-c2nnc(-c3cccnc3)s2)cc2sccc12. The van der Waals surface area contributed by atoms with Crippen LogP contribution in [0.1, 0.15) is 5.69 Å². The molecule has 0 spiro atoms. The molecule has 4 aromatic heterocycles. The van der Waals surface area contributed by atoms with Crippen LogP contribution in [0.4, 0.5) is 0 Å². The normalized spacial score (nSPS) is 11.1. The molecule has 134 valence electrons. The number of rotatable bonds is 3. The third kappa shape index (κ3) is 3.71.